The predicted molar refractivity (Wildman–Crippen MR) is 179 cm³/mol. The van der Waals surface area contributed by atoms with Gasteiger partial charge >= 0.3 is 0 Å². The molecular formula is C38H37N5O3. The second kappa shape index (κ2) is 14.5. The SMILES string of the molecule is CCCc1nncn1CC(Nc1ccccc1C(=O)c1ccccc1)c1ccc(OCCc2nc(-c3ccccc3)oc2C)cc1. The second-order valence-corrected chi connectivity index (χ2v) is 11.1. The summed E-state index contributed by atoms with van der Waals surface area (Å²) in [5.41, 5.74) is 4.93. The minimum Gasteiger partial charge on any atom is -0.493 e. The van der Waals surface area contributed by atoms with E-state index < -0.39 is 0 Å². The Labute approximate surface area is 269 Å². The number of nitrogens with one attached hydrogen (secondary N) is 1. The minimum absolute atomic E-state index is 0.0274. The predicted octanol–water partition coefficient (Wildman–Crippen LogP) is 7.90. The minimum atomic E-state index is -0.167. The van der Waals surface area contributed by atoms with Crippen LogP contribution in [0.1, 0.15) is 58.1 Å². The van der Waals surface area contributed by atoms with E-state index in [0.29, 0.717) is 36.6 Å². The molecule has 2 heterocycles. The van der Waals surface area contributed by atoms with Gasteiger partial charge in [0, 0.05) is 41.8 Å². The molecule has 46 heavy (non-hydrogen) atoms. The molecule has 0 saturated heterocycles. The van der Waals surface area contributed by atoms with E-state index in [2.05, 4.69) is 39.1 Å². The summed E-state index contributed by atoms with van der Waals surface area (Å²) in [6.07, 6.45) is 4.21. The number of ketones is 1. The lowest BCUT2D eigenvalue weighted by molar-refractivity contribution is 0.103. The summed E-state index contributed by atoms with van der Waals surface area (Å²) in [6.45, 7) is 5.12. The highest BCUT2D eigenvalue weighted by Gasteiger charge is 2.20. The van der Waals surface area contributed by atoms with Crippen LogP contribution in [-0.2, 0) is 19.4 Å². The van der Waals surface area contributed by atoms with Crippen molar-refractivity contribution in [2.45, 2.75) is 45.7 Å². The molecule has 0 amide bonds. The lowest BCUT2D eigenvalue weighted by Crippen LogP contribution is -2.20. The Morgan fingerprint density at radius 2 is 1.61 bits per heavy atom. The van der Waals surface area contributed by atoms with Gasteiger partial charge in [0.25, 0.3) is 0 Å². The first-order valence-corrected chi connectivity index (χ1v) is 15.7. The van der Waals surface area contributed by atoms with Gasteiger partial charge in [0.05, 0.1) is 18.3 Å². The van der Waals surface area contributed by atoms with Gasteiger partial charge < -0.3 is 19.0 Å². The molecule has 1 unspecified atom stereocenters. The molecule has 1 N–H and O–H groups in total. The zero-order chi connectivity index (χ0) is 31.7. The van der Waals surface area contributed by atoms with Crippen LogP contribution in [0.4, 0.5) is 5.69 Å². The number of hydrogen-bond donors (Lipinski definition) is 1. The van der Waals surface area contributed by atoms with E-state index in [1.54, 1.807) is 6.33 Å². The summed E-state index contributed by atoms with van der Waals surface area (Å²) < 4.78 is 14.1. The first-order chi connectivity index (χ1) is 22.6. The van der Waals surface area contributed by atoms with Crippen molar-refractivity contribution in [2.75, 3.05) is 11.9 Å². The van der Waals surface area contributed by atoms with Gasteiger partial charge in [-0.3, -0.25) is 4.79 Å². The normalized spacial score (nSPS) is 11.7. The maximum atomic E-state index is 13.5. The van der Waals surface area contributed by atoms with Gasteiger partial charge in [-0.1, -0.05) is 79.7 Å². The number of aryl methyl sites for hydroxylation is 2. The number of aromatic nitrogens is 4. The van der Waals surface area contributed by atoms with Crippen molar-refractivity contribution in [3.05, 3.63) is 149 Å². The van der Waals surface area contributed by atoms with Crippen LogP contribution in [0.15, 0.2) is 120 Å². The molecule has 6 aromatic rings. The van der Waals surface area contributed by atoms with Crippen LogP contribution in [0, 0.1) is 6.92 Å². The molecule has 0 fully saturated rings. The lowest BCUT2D eigenvalue weighted by atomic mass is 10.00. The topological polar surface area (TPSA) is 95.1 Å². The zero-order valence-electron chi connectivity index (χ0n) is 26.1. The van der Waals surface area contributed by atoms with E-state index in [4.69, 9.17) is 14.1 Å². The van der Waals surface area contributed by atoms with Gasteiger partial charge in [0.15, 0.2) is 5.78 Å². The molecule has 6 rings (SSSR count). The van der Waals surface area contributed by atoms with Gasteiger partial charge in [0.1, 0.15) is 23.7 Å². The molecule has 8 heteroatoms. The number of oxazole rings is 1. The summed E-state index contributed by atoms with van der Waals surface area (Å²) in [4.78, 5) is 18.2. The van der Waals surface area contributed by atoms with Crippen molar-refractivity contribution in [3.63, 3.8) is 0 Å². The van der Waals surface area contributed by atoms with Gasteiger partial charge in [-0.15, -0.1) is 10.2 Å². The molecular weight excluding hydrogens is 574 g/mol. The Morgan fingerprint density at radius 1 is 0.891 bits per heavy atom. The van der Waals surface area contributed by atoms with Crippen LogP contribution in [-0.4, -0.2) is 32.1 Å². The van der Waals surface area contributed by atoms with Crippen LogP contribution in [0.2, 0.25) is 0 Å². The van der Waals surface area contributed by atoms with Crippen molar-refractivity contribution in [2.24, 2.45) is 0 Å². The number of para-hydroxylation sites is 1. The van der Waals surface area contributed by atoms with Gasteiger partial charge in [-0.2, -0.15) is 0 Å². The number of carbonyl (C=O) groups is 1. The number of nitrogens with zero attached hydrogens (tertiary/aromatic N) is 4. The third-order valence-corrected chi connectivity index (χ3v) is 7.89. The van der Waals surface area contributed by atoms with Gasteiger partial charge in [-0.05, 0) is 55.3 Å². The third-order valence-electron chi connectivity index (χ3n) is 7.89. The van der Waals surface area contributed by atoms with Crippen molar-refractivity contribution >= 4 is 11.5 Å². The summed E-state index contributed by atoms with van der Waals surface area (Å²) in [7, 11) is 0. The van der Waals surface area contributed by atoms with E-state index in [-0.39, 0.29) is 11.8 Å². The summed E-state index contributed by atoms with van der Waals surface area (Å²) in [5.74, 6) is 3.09. The maximum Gasteiger partial charge on any atom is 0.226 e. The van der Waals surface area contributed by atoms with Crippen molar-refractivity contribution in [1.29, 1.82) is 0 Å². The van der Waals surface area contributed by atoms with Crippen molar-refractivity contribution < 1.29 is 13.9 Å². The first kappa shape index (κ1) is 30.5. The molecule has 2 aromatic heterocycles. The molecule has 0 bridgehead atoms. The molecule has 0 aliphatic carbocycles. The Balaban J connectivity index is 1.19. The molecule has 232 valence electrons. The van der Waals surface area contributed by atoms with Crippen LogP contribution >= 0.6 is 0 Å². The number of anilines is 1. The lowest BCUT2D eigenvalue weighted by Gasteiger charge is -2.23. The number of carbonyl (C=O) groups excluding carboxylic acids is 1. The number of benzene rings is 4. The Bertz CT molecular complexity index is 1860. The van der Waals surface area contributed by atoms with E-state index >= 15 is 0 Å². The Kier molecular flexibility index (Phi) is 9.63. The Morgan fingerprint density at radius 3 is 2.37 bits per heavy atom. The average Bonchev–Trinajstić information content (AvgIpc) is 3.71. The smallest absolute Gasteiger partial charge is 0.226 e. The quantitative estimate of drug-likeness (QED) is 0.125. The van der Waals surface area contributed by atoms with Crippen LogP contribution in [0.25, 0.3) is 11.5 Å². The molecule has 0 radical (unpaired) electrons. The standard InChI is InChI=1S/C38H37N5O3/c1-3-12-36-42-39-26-43(36)25-35(40-34-18-11-10-17-32(34)37(44)29-13-6-4-7-14-29)28-19-21-31(22-20-28)45-24-23-33-27(2)46-38(41-33)30-15-8-5-9-16-30/h4-11,13-22,26,35,40H,3,12,23-25H2,1-2H3. The number of rotatable bonds is 14. The van der Waals surface area contributed by atoms with Crippen molar-refractivity contribution in [3.8, 4) is 17.2 Å². The maximum absolute atomic E-state index is 13.5. The largest absolute Gasteiger partial charge is 0.493 e. The fraction of sp³-hybridized carbons (Fsp3) is 0.211. The summed E-state index contributed by atoms with van der Waals surface area (Å²) in [6, 6.07) is 34.8. The molecule has 0 spiro atoms. The molecule has 0 aliphatic rings. The zero-order valence-corrected chi connectivity index (χ0v) is 26.1. The molecule has 8 nitrogen and oxygen atoms in total. The number of ether oxygens (including phenoxy) is 1. The number of hydrogen-bond acceptors (Lipinski definition) is 7. The summed E-state index contributed by atoms with van der Waals surface area (Å²) >= 11 is 0. The van der Waals surface area contributed by atoms with E-state index in [0.717, 1.165) is 52.7 Å². The fourth-order valence-electron chi connectivity index (χ4n) is 5.45. The van der Waals surface area contributed by atoms with E-state index in [1.165, 1.54) is 0 Å². The highest BCUT2D eigenvalue weighted by molar-refractivity contribution is 6.12. The molecule has 0 aliphatic heterocycles. The van der Waals surface area contributed by atoms with Gasteiger partial charge in [-0.25, -0.2) is 4.98 Å². The van der Waals surface area contributed by atoms with Crippen molar-refractivity contribution in [1.82, 2.24) is 19.7 Å². The van der Waals surface area contributed by atoms with E-state index in [1.807, 2.05) is 104 Å². The fourth-order valence-corrected chi connectivity index (χ4v) is 5.45. The monoisotopic (exact) mass is 611 g/mol. The van der Waals surface area contributed by atoms with E-state index in [9.17, 15) is 4.79 Å². The molecule has 4 aromatic carbocycles. The van der Waals surface area contributed by atoms with Crippen LogP contribution in [0.3, 0.4) is 0 Å². The van der Waals surface area contributed by atoms with Gasteiger partial charge in [0.2, 0.25) is 5.89 Å². The second-order valence-electron chi connectivity index (χ2n) is 11.1. The van der Waals surface area contributed by atoms with Crippen LogP contribution < -0.4 is 10.1 Å². The summed E-state index contributed by atoms with van der Waals surface area (Å²) in [5, 5.41) is 12.2. The first-order valence-electron chi connectivity index (χ1n) is 15.7. The highest BCUT2D eigenvalue weighted by Crippen LogP contribution is 2.28. The van der Waals surface area contributed by atoms with Crippen LogP contribution in [0.5, 0.6) is 5.75 Å². The molecule has 1 atom stereocenters. The highest BCUT2D eigenvalue weighted by atomic mass is 16.5. The molecule has 0 saturated carbocycles. The average molecular weight is 612 g/mol. The third kappa shape index (κ3) is 7.24. The Hall–Kier alpha value is -5.50.